The Balaban J connectivity index is 1.80. The van der Waals surface area contributed by atoms with E-state index in [-0.39, 0.29) is 5.41 Å². The third kappa shape index (κ3) is 2.36. The summed E-state index contributed by atoms with van der Waals surface area (Å²) in [6, 6.07) is 10.6. The molecular formula is C16H21N3O. The molecule has 1 aromatic heterocycles. The van der Waals surface area contributed by atoms with Crippen LogP contribution < -0.4 is 5.32 Å². The SMILES string of the molecule is CNCCCc1nc(C2(c3ccccc3)CCC2)no1. The highest BCUT2D eigenvalue weighted by Gasteiger charge is 2.44. The second-order valence-electron chi connectivity index (χ2n) is 5.52. The minimum atomic E-state index is -0.00792. The molecule has 20 heavy (non-hydrogen) atoms. The first kappa shape index (κ1) is 13.3. The highest BCUT2D eigenvalue weighted by molar-refractivity contribution is 5.35. The molecule has 106 valence electrons. The Morgan fingerprint density at radius 2 is 2.05 bits per heavy atom. The van der Waals surface area contributed by atoms with Crippen LogP contribution in [0, 0.1) is 0 Å². The molecule has 1 fully saturated rings. The standard InChI is InChI=1S/C16H21N3O/c1-17-12-5-9-14-18-15(19-20-14)16(10-6-11-16)13-7-3-2-4-8-13/h2-4,7-8,17H,5-6,9-12H2,1H3. The topological polar surface area (TPSA) is 51.0 Å². The number of benzene rings is 1. The average Bonchev–Trinajstić information content (AvgIpc) is 2.88. The summed E-state index contributed by atoms with van der Waals surface area (Å²) in [7, 11) is 1.96. The number of rotatable bonds is 6. The van der Waals surface area contributed by atoms with Gasteiger partial charge in [-0.3, -0.25) is 0 Å². The number of aryl methyl sites for hydroxylation is 1. The van der Waals surface area contributed by atoms with Crippen molar-refractivity contribution in [1.82, 2.24) is 15.5 Å². The van der Waals surface area contributed by atoms with Gasteiger partial charge in [-0.15, -0.1) is 0 Å². The van der Waals surface area contributed by atoms with E-state index in [0.29, 0.717) is 0 Å². The molecule has 4 heteroatoms. The largest absolute Gasteiger partial charge is 0.339 e. The van der Waals surface area contributed by atoms with Crippen molar-refractivity contribution in [2.45, 2.75) is 37.5 Å². The number of nitrogens with one attached hydrogen (secondary N) is 1. The molecule has 4 nitrogen and oxygen atoms in total. The summed E-state index contributed by atoms with van der Waals surface area (Å²) in [4.78, 5) is 4.65. The van der Waals surface area contributed by atoms with Crippen LogP contribution in [-0.2, 0) is 11.8 Å². The summed E-state index contributed by atoms with van der Waals surface area (Å²) < 4.78 is 5.43. The van der Waals surface area contributed by atoms with Crippen LogP contribution in [0.2, 0.25) is 0 Å². The van der Waals surface area contributed by atoms with Gasteiger partial charge in [-0.1, -0.05) is 41.9 Å². The molecule has 0 amide bonds. The molecule has 1 aliphatic rings. The summed E-state index contributed by atoms with van der Waals surface area (Å²) in [5.41, 5.74) is 1.31. The average molecular weight is 271 g/mol. The lowest BCUT2D eigenvalue weighted by Crippen LogP contribution is -2.36. The number of hydrogen-bond acceptors (Lipinski definition) is 4. The Morgan fingerprint density at radius 1 is 1.25 bits per heavy atom. The zero-order chi connectivity index (χ0) is 13.8. The molecule has 0 unspecified atom stereocenters. The number of aromatic nitrogens is 2. The highest BCUT2D eigenvalue weighted by Crippen LogP contribution is 2.47. The van der Waals surface area contributed by atoms with E-state index in [4.69, 9.17) is 4.52 Å². The van der Waals surface area contributed by atoms with E-state index in [1.54, 1.807) is 0 Å². The molecule has 1 N–H and O–H groups in total. The second-order valence-corrected chi connectivity index (χ2v) is 5.52. The van der Waals surface area contributed by atoms with Crippen LogP contribution in [0.15, 0.2) is 34.9 Å². The third-order valence-electron chi connectivity index (χ3n) is 4.25. The first-order valence-corrected chi connectivity index (χ1v) is 7.38. The Kier molecular flexibility index (Phi) is 3.83. The van der Waals surface area contributed by atoms with Gasteiger partial charge in [-0.05, 0) is 38.4 Å². The lowest BCUT2D eigenvalue weighted by Gasteiger charge is -2.39. The van der Waals surface area contributed by atoms with Crippen LogP contribution in [0.4, 0.5) is 0 Å². The molecule has 0 saturated heterocycles. The Labute approximate surface area is 119 Å². The molecule has 3 rings (SSSR count). The predicted octanol–water partition coefficient (Wildman–Crippen LogP) is 2.69. The lowest BCUT2D eigenvalue weighted by atomic mass is 9.64. The molecule has 1 aliphatic carbocycles. The van der Waals surface area contributed by atoms with Crippen molar-refractivity contribution in [1.29, 1.82) is 0 Å². The highest BCUT2D eigenvalue weighted by atomic mass is 16.5. The Hall–Kier alpha value is -1.68. The summed E-state index contributed by atoms with van der Waals surface area (Å²) in [5, 5.41) is 7.39. The summed E-state index contributed by atoms with van der Waals surface area (Å²) >= 11 is 0. The molecule has 1 saturated carbocycles. The van der Waals surface area contributed by atoms with Crippen LogP contribution in [-0.4, -0.2) is 23.7 Å². The first-order chi connectivity index (χ1) is 9.85. The maximum atomic E-state index is 5.43. The molecule has 1 heterocycles. The van der Waals surface area contributed by atoms with Gasteiger partial charge < -0.3 is 9.84 Å². The summed E-state index contributed by atoms with van der Waals surface area (Å²) in [6.45, 7) is 0.974. The molecule has 0 spiro atoms. The van der Waals surface area contributed by atoms with Gasteiger partial charge in [0.2, 0.25) is 5.89 Å². The van der Waals surface area contributed by atoms with Gasteiger partial charge in [0.1, 0.15) is 0 Å². The molecule has 2 aromatic rings. The lowest BCUT2D eigenvalue weighted by molar-refractivity contribution is 0.270. The number of nitrogens with zero attached hydrogens (tertiary/aromatic N) is 2. The van der Waals surface area contributed by atoms with Gasteiger partial charge in [0.25, 0.3) is 0 Å². The van der Waals surface area contributed by atoms with E-state index in [1.165, 1.54) is 12.0 Å². The summed E-state index contributed by atoms with van der Waals surface area (Å²) in [5.74, 6) is 1.63. The fourth-order valence-corrected chi connectivity index (χ4v) is 2.90. The van der Waals surface area contributed by atoms with Gasteiger partial charge in [0, 0.05) is 6.42 Å². The van der Waals surface area contributed by atoms with Crippen LogP contribution >= 0.6 is 0 Å². The Morgan fingerprint density at radius 3 is 2.70 bits per heavy atom. The van der Waals surface area contributed by atoms with Crippen LogP contribution in [0.3, 0.4) is 0 Å². The summed E-state index contributed by atoms with van der Waals surface area (Å²) in [6.07, 6.45) is 5.34. The van der Waals surface area contributed by atoms with Gasteiger partial charge in [-0.25, -0.2) is 0 Å². The first-order valence-electron chi connectivity index (χ1n) is 7.38. The molecule has 0 bridgehead atoms. The normalized spacial score (nSPS) is 16.9. The van der Waals surface area contributed by atoms with Crippen molar-refractivity contribution >= 4 is 0 Å². The van der Waals surface area contributed by atoms with Crippen molar-refractivity contribution in [2.75, 3.05) is 13.6 Å². The zero-order valence-electron chi connectivity index (χ0n) is 11.9. The molecule has 0 radical (unpaired) electrons. The number of hydrogen-bond donors (Lipinski definition) is 1. The van der Waals surface area contributed by atoms with Gasteiger partial charge in [-0.2, -0.15) is 4.98 Å². The minimum absolute atomic E-state index is 0.00792. The fourth-order valence-electron chi connectivity index (χ4n) is 2.90. The quantitative estimate of drug-likeness (QED) is 0.821. The van der Waals surface area contributed by atoms with Crippen molar-refractivity contribution in [2.24, 2.45) is 0 Å². The van der Waals surface area contributed by atoms with Crippen LogP contribution in [0.1, 0.15) is 43.0 Å². The Bertz CT molecular complexity index is 546. The van der Waals surface area contributed by atoms with E-state index in [1.807, 2.05) is 7.05 Å². The van der Waals surface area contributed by atoms with Gasteiger partial charge >= 0.3 is 0 Å². The van der Waals surface area contributed by atoms with Crippen molar-refractivity contribution in [3.63, 3.8) is 0 Å². The monoisotopic (exact) mass is 271 g/mol. The zero-order valence-corrected chi connectivity index (χ0v) is 11.9. The minimum Gasteiger partial charge on any atom is -0.339 e. The van der Waals surface area contributed by atoms with Crippen molar-refractivity contribution in [3.05, 3.63) is 47.6 Å². The van der Waals surface area contributed by atoms with Crippen LogP contribution in [0.5, 0.6) is 0 Å². The van der Waals surface area contributed by atoms with Crippen molar-refractivity contribution < 1.29 is 4.52 Å². The molecular weight excluding hydrogens is 250 g/mol. The fraction of sp³-hybridized carbons (Fsp3) is 0.500. The van der Waals surface area contributed by atoms with E-state index >= 15 is 0 Å². The van der Waals surface area contributed by atoms with Crippen LogP contribution in [0.25, 0.3) is 0 Å². The maximum absolute atomic E-state index is 5.43. The molecule has 0 atom stereocenters. The second kappa shape index (κ2) is 5.75. The molecule has 0 aliphatic heterocycles. The van der Waals surface area contributed by atoms with E-state index in [2.05, 4.69) is 45.8 Å². The maximum Gasteiger partial charge on any atom is 0.226 e. The van der Waals surface area contributed by atoms with Gasteiger partial charge in [0.05, 0.1) is 5.41 Å². The van der Waals surface area contributed by atoms with E-state index in [9.17, 15) is 0 Å². The predicted molar refractivity (Wildman–Crippen MR) is 77.6 cm³/mol. The van der Waals surface area contributed by atoms with E-state index < -0.39 is 0 Å². The van der Waals surface area contributed by atoms with Gasteiger partial charge in [0.15, 0.2) is 5.82 Å². The smallest absolute Gasteiger partial charge is 0.226 e. The van der Waals surface area contributed by atoms with Crippen molar-refractivity contribution in [3.8, 4) is 0 Å². The molecule has 1 aromatic carbocycles. The van der Waals surface area contributed by atoms with E-state index in [0.717, 1.165) is 43.9 Å². The third-order valence-corrected chi connectivity index (χ3v) is 4.25.